The molecule has 0 aliphatic heterocycles. The molecule has 7 heteroatoms. The molecule has 4 aliphatic rings. The third-order valence-corrected chi connectivity index (χ3v) is 7.67. The van der Waals surface area contributed by atoms with E-state index in [9.17, 15) is 14.4 Å². The number of hydrogen-bond donors (Lipinski definition) is 1. The second kappa shape index (κ2) is 9.38. The highest BCUT2D eigenvalue weighted by Crippen LogP contribution is 2.60. The number of halogens is 1. The molecule has 1 aromatic rings. The van der Waals surface area contributed by atoms with Gasteiger partial charge in [0.15, 0.2) is 5.78 Å². The van der Waals surface area contributed by atoms with E-state index in [0.717, 1.165) is 19.3 Å². The van der Waals surface area contributed by atoms with Crippen LogP contribution in [-0.4, -0.2) is 23.8 Å². The summed E-state index contributed by atoms with van der Waals surface area (Å²) in [7, 11) is 0. The SMILES string of the molecule is CC(=O)OCc1cc(C(=O)C(N)C(C)(C)C)ccc1OC(=O)C12CC3CC(CC(C3)C1)C2.Cl. The lowest BCUT2D eigenvalue weighted by Crippen LogP contribution is -2.51. The summed E-state index contributed by atoms with van der Waals surface area (Å²) in [5.74, 6) is 1.45. The first kappa shape index (κ1) is 25.7. The van der Waals surface area contributed by atoms with Crippen LogP contribution in [0.1, 0.15) is 82.1 Å². The molecule has 1 aromatic carbocycles. The maximum absolute atomic E-state index is 13.4. The molecule has 0 aromatic heterocycles. The van der Waals surface area contributed by atoms with E-state index in [4.69, 9.17) is 15.2 Å². The molecule has 6 nitrogen and oxygen atoms in total. The Morgan fingerprint density at radius 2 is 1.61 bits per heavy atom. The minimum atomic E-state index is -0.676. The first-order valence-corrected chi connectivity index (χ1v) is 11.8. The van der Waals surface area contributed by atoms with Crippen molar-refractivity contribution in [1.82, 2.24) is 0 Å². The second-order valence-corrected chi connectivity index (χ2v) is 11.4. The normalized spacial score (nSPS) is 28.6. The van der Waals surface area contributed by atoms with E-state index in [2.05, 4.69) is 0 Å². The maximum atomic E-state index is 13.4. The highest BCUT2D eigenvalue weighted by atomic mass is 35.5. The third kappa shape index (κ3) is 5.27. The zero-order valence-electron chi connectivity index (χ0n) is 20.0. The van der Waals surface area contributed by atoms with Gasteiger partial charge in [-0.1, -0.05) is 20.8 Å². The van der Waals surface area contributed by atoms with Crippen molar-refractivity contribution in [2.75, 3.05) is 0 Å². The Bertz CT molecular complexity index is 900. The van der Waals surface area contributed by atoms with E-state index in [1.807, 2.05) is 20.8 Å². The predicted octanol–water partition coefficient (Wildman–Crippen LogP) is 4.85. The largest absolute Gasteiger partial charge is 0.461 e. The molecule has 0 saturated heterocycles. The second-order valence-electron chi connectivity index (χ2n) is 11.4. The van der Waals surface area contributed by atoms with Crippen molar-refractivity contribution < 1.29 is 23.9 Å². The van der Waals surface area contributed by atoms with E-state index < -0.39 is 22.8 Å². The van der Waals surface area contributed by atoms with Crippen LogP contribution in [-0.2, 0) is 20.9 Å². The van der Waals surface area contributed by atoms with E-state index in [1.54, 1.807) is 18.2 Å². The Morgan fingerprint density at radius 1 is 1.06 bits per heavy atom. The molecule has 0 heterocycles. The molecule has 4 aliphatic carbocycles. The molecule has 4 fully saturated rings. The molecule has 0 amide bonds. The fraction of sp³-hybridized carbons (Fsp3) is 0.654. The topological polar surface area (TPSA) is 95.7 Å². The van der Waals surface area contributed by atoms with Crippen molar-refractivity contribution in [3.05, 3.63) is 29.3 Å². The van der Waals surface area contributed by atoms with Crippen molar-refractivity contribution in [3.8, 4) is 5.75 Å². The van der Waals surface area contributed by atoms with Crippen LogP contribution in [0.25, 0.3) is 0 Å². The molecule has 4 bridgehead atoms. The highest BCUT2D eigenvalue weighted by Gasteiger charge is 2.55. The van der Waals surface area contributed by atoms with Crippen LogP contribution in [0.15, 0.2) is 18.2 Å². The monoisotopic (exact) mass is 477 g/mol. The molecule has 33 heavy (non-hydrogen) atoms. The van der Waals surface area contributed by atoms with Crippen molar-refractivity contribution >= 4 is 30.1 Å². The number of carbonyl (C=O) groups is 3. The lowest BCUT2D eigenvalue weighted by Gasteiger charge is -2.55. The molecule has 1 unspecified atom stereocenters. The molecule has 4 saturated carbocycles. The first-order chi connectivity index (χ1) is 15.0. The van der Waals surface area contributed by atoms with Gasteiger partial charge in [0.1, 0.15) is 12.4 Å². The van der Waals surface area contributed by atoms with Crippen LogP contribution < -0.4 is 10.5 Å². The maximum Gasteiger partial charge on any atom is 0.317 e. The Morgan fingerprint density at radius 3 is 2.09 bits per heavy atom. The minimum absolute atomic E-state index is 0. The molecular formula is C26H36ClNO5. The molecule has 5 rings (SSSR count). The van der Waals surface area contributed by atoms with Crippen LogP contribution in [0.3, 0.4) is 0 Å². The number of Topliss-reactive ketones (excluding diaryl/α,β-unsaturated/α-hetero) is 1. The van der Waals surface area contributed by atoms with Gasteiger partial charge in [0.25, 0.3) is 0 Å². The van der Waals surface area contributed by atoms with Gasteiger partial charge in [-0.3, -0.25) is 14.4 Å². The van der Waals surface area contributed by atoms with Crippen molar-refractivity contribution in [3.63, 3.8) is 0 Å². The van der Waals surface area contributed by atoms with Gasteiger partial charge in [0.2, 0.25) is 0 Å². The van der Waals surface area contributed by atoms with Gasteiger partial charge in [-0.05, 0) is 79.9 Å². The summed E-state index contributed by atoms with van der Waals surface area (Å²) in [4.78, 5) is 37.7. The van der Waals surface area contributed by atoms with Gasteiger partial charge >= 0.3 is 11.9 Å². The Balaban J connectivity index is 0.00000306. The molecule has 0 spiro atoms. The molecular weight excluding hydrogens is 442 g/mol. The van der Waals surface area contributed by atoms with Crippen molar-refractivity contribution in [1.29, 1.82) is 0 Å². The van der Waals surface area contributed by atoms with E-state index in [1.165, 1.54) is 26.2 Å². The van der Waals surface area contributed by atoms with Crippen LogP contribution >= 0.6 is 12.4 Å². The summed E-state index contributed by atoms with van der Waals surface area (Å²) in [6.07, 6.45) is 6.47. The molecule has 182 valence electrons. The number of rotatable bonds is 6. The number of hydrogen-bond acceptors (Lipinski definition) is 6. The fourth-order valence-corrected chi connectivity index (χ4v) is 6.27. The zero-order valence-corrected chi connectivity index (χ0v) is 20.8. The van der Waals surface area contributed by atoms with Crippen LogP contribution in [0.4, 0.5) is 0 Å². The number of carbonyl (C=O) groups excluding carboxylic acids is 3. The van der Waals surface area contributed by atoms with Crippen molar-refractivity contribution in [2.24, 2.45) is 34.3 Å². The summed E-state index contributed by atoms with van der Waals surface area (Å²) in [5, 5.41) is 0. The number of ketones is 1. The number of benzene rings is 1. The summed E-state index contributed by atoms with van der Waals surface area (Å²) in [5.41, 5.74) is 6.31. The summed E-state index contributed by atoms with van der Waals surface area (Å²) >= 11 is 0. The average molecular weight is 478 g/mol. The number of nitrogens with two attached hydrogens (primary N) is 1. The summed E-state index contributed by atoms with van der Waals surface area (Å²) in [6.45, 7) is 7.00. The van der Waals surface area contributed by atoms with E-state index in [-0.39, 0.29) is 30.8 Å². The highest BCUT2D eigenvalue weighted by molar-refractivity contribution is 6.00. The van der Waals surface area contributed by atoms with Crippen molar-refractivity contribution in [2.45, 2.75) is 78.9 Å². The Hall–Kier alpha value is -1.92. The van der Waals surface area contributed by atoms with Crippen LogP contribution in [0.5, 0.6) is 5.75 Å². The van der Waals surface area contributed by atoms with Crippen LogP contribution in [0, 0.1) is 28.6 Å². The van der Waals surface area contributed by atoms with Gasteiger partial charge in [0.05, 0.1) is 11.5 Å². The third-order valence-electron chi connectivity index (χ3n) is 7.67. The van der Waals surface area contributed by atoms with Gasteiger partial charge in [-0.2, -0.15) is 0 Å². The van der Waals surface area contributed by atoms with E-state index >= 15 is 0 Å². The van der Waals surface area contributed by atoms with Gasteiger partial charge in [-0.25, -0.2) is 0 Å². The number of esters is 2. The quantitative estimate of drug-likeness (QED) is 0.357. The Kier molecular flexibility index (Phi) is 7.30. The predicted molar refractivity (Wildman–Crippen MR) is 127 cm³/mol. The summed E-state index contributed by atoms with van der Waals surface area (Å²) in [6, 6.07) is 4.25. The smallest absolute Gasteiger partial charge is 0.317 e. The summed E-state index contributed by atoms with van der Waals surface area (Å²) < 4.78 is 11.1. The van der Waals surface area contributed by atoms with Gasteiger partial charge in [-0.15, -0.1) is 12.4 Å². The van der Waals surface area contributed by atoms with Gasteiger partial charge < -0.3 is 15.2 Å². The number of ether oxygens (including phenoxy) is 2. The lowest BCUT2D eigenvalue weighted by molar-refractivity contribution is -0.161. The zero-order chi connectivity index (χ0) is 23.3. The van der Waals surface area contributed by atoms with Crippen LogP contribution in [0.2, 0.25) is 0 Å². The average Bonchev–Trinajstić information content (AvgIpc) is 2.70. The molecule has 2 N–H and O–H groups in total. The Labute approximate surface area is 202 Å². The first-order valence-electron chi connectivity index (χ1n) is 11.8. The van der Waals surface area contributed by atoms with E-state index in [0.29, 0.717) is 34.6 Å². The molecule has 0 radical (unpaired) electrons. The lowest BCUT2D eigenvalue weighted by atomic mass is 9.49. The standard InChI is InChI=1S/C26H35NO5.ClH/c1-15(28)31-14-20-10-19(22(29)23(27)25(2,3)4)5-6-21(20)32-24(30)26-11-16-7-17(12-26)9-18(8-16)13-26;/h5-6,10,16-18,23H,7-9,11-14,27H2,1-4H3;1H. The van der Waals surface area contributed by atoms with Gasteiger partial charge in [0, 0.05) is 18.1 Å². The minimum Gasteiger partial charge on any atom is -0.461 e. The molecule has 1 atom stereocenters. The fourth-order valence-electron chi connectivity index (χ4n) is 6.27.